The summed E-state index contributed by atoms with van der Waals surface area (Å²) in [6, 6.07) is 17.8. The number of benzene rings is 2. The lowest BCUT2D eigenvalue weighted by Crippen LogP contribution is -2.37. The zero-order valence-electron chi connectivity index (χ0n) is 19.1. The molecular formula is C27H37N3O. The van der Waals surface area contributed by atoms with Gasteiger partial charge in [-0.05, 0) is 80.9 Å². The molecule has 2 aliphatic heterocycles. The third kappa shape index (κ3) is 5.19. The second-order valence-corrected chi connectivity index (χ2v) is 9.28. The van der Waals surface area contributed by atoms with Crippen LogP contribution in [-0.4, -0.2) is 44.0 Å². The van der Waals surface area contributed by atoms with E-state index in [-0.39, 0.29) is 5.91 Å². The topological polar surface area (TPSA) is 35.6 Å². The number of anilines is 1. The van der Waals surface area contributed by atoms with Gasteiger partial charge < -0.3 is 10.2 Å². The van der Waals surface area contributed by atoms with Crippen LogP contribution >= 0.6 is 0 Å². The Morgan fingerprint density at radius 1 is 0.968 bits per heavy atom. The van der Waals surface area contributed by atoms with E-state index in [1.807, 2.05) is 36.2 Å². The number of carbonyl (C=O) groups is 1. The fourth-order valence-electron chi connectivity index (χ4n) is 5.23. The molecule has 0 aromatic heterocycles. The number of aryl methyl sites for hydroxylation is 1. The minimum atomic E-state index is 0.210. The summed E-state index contributed by atoms with van der Waals surface area (Å²) in [7, 11) is 1.90. The summed E-state index contributed by atoms with van der Waals surface area (Å²) < 4.78 is 0. The Bertz CT molecular complexity index is 872. The normalized spacial score (nSPS) is 21.3. The predicted molar refractivity (Wildman–Crippen MR) is 129 cm³/mol. The first-order valence-electron chi connectivity index (χ1n) is 12.0. The Morgan fingerprint density at radius 2 is 1.68 bits per heavy atom. The lowest BCUT2D eigenvalue weighted by atomic mass is 9.85. The van der Waals surface area contributed by atoms with E-state index in [4.69, 9.17) is 0 Å². The van der Waals surface area contributed by atoms with E-state index in [1.54, 1.807) is 11.1 Å². The molecule has 4 heteroatoms. The SMILES string of the molecule is CC1CCN(C2CCCc3ccccc32)CC1.CNCCN1C(=O)Cc2ccccc21. The summed E-state index contributed by atoms with van der Waals surface area (Å²) in [5, 5.41) is 3.05. The van der Waals surface area contributed by atoms with Crippen LogP contribution in [0.25, 0.3) is 0 Å². The molecule has 3 aliphatic rings. The molecule has 31 heavy (non-hydrogen) atoms. The van der Waals surface area contributed by atoms with Gasteiger partial charge in [0.05, 0.1) is 6.42 Å². The van der Waals surface area contributed by atoms with E-state index in [0.29, 0.717) is 12.5 Å². The van der Waals surface area contributed by atoms with Gasteiger partial charge in [0.15, 0.2) is 0 Å². The van der Waals surface area contributed by atoms with Gasteiger partial charge in [0.1, 0.15) is 0 Å². The van der Waals surface area contributed by atoms with Gasteiger partial charge >= 0.3 is 0 Å². The number of hydrogen-bond acceptors (Lipinski definition) is 3. The van der Waals surface area contributed by atoms with Gasteiger partial charge in [-0.1, -0.05) is 49.4 Å². The van der Waals surface area contributed by atoms with E-state index in [1.165, 1.54) is 45.2 Å². The van der Waals surface area contributed by atoms with Crippen molar-refractivity contribution in [3.63, 3.8) is 0 Å². The van der Waals surface area contributed by atoms with Crippen molar-refractivity contribution in [3.8, 4) is 0 Å². The number of hydrogen-bond donors (Lipinski definition) is 1. The molecule has 1 unspecified atom stereocenters. The Morgan fingerprint density at radius 3 is 2.45 bits per heavy atom. The summed E-state index contributed by atoms with van der Waals surface area (Å²) in [6.07, 6.45) is 7.35. The third-order valence-corrected chi connectivity index (χ3v) is 7.11. The molecule has 0 spiro atoms. The number of likely N-dealkylation sites (N-methyl/N-ethyl adjacent to an activating group) is 1. The van der Waals surface area contributed by atoms with Gasteiger partial charge in [-0.2, -0.15) is 0 Å². The molecule has 2 heterocycles. The Hall–Kier alpha value is -2.17. The number of likely N-dealkylation sites (tertiary alicyclic amines) is 1. The van der Waals surface area contributed by atoms with E-state index in [0.717, 1.165) is 30.3 Å². The molecule has 0 radical (unpaired) electrons. The van der Waals surface area contributed by atoms with Crippen molar-refractivity contribution in [1.29, 1.82) is 0 Å². The molecule has 1 aliphatic carbocycles. The number of nitrogens with zero attached hydrogens (tertiary/aromatic N) is 2. The lowest BCUT2D eigenvalue weighted by Gasteiger charge is -2.39. The van der Waals surface area contributed by atoms with Gasteiger partial charge in [-0.3, -0.25) is 9.69 Å². The number of amides is 1. The number of carbonyl (C=O) groups excluding carboxylic acids is 1. The number of nitrogens with one attached hydrogen (secondary N) is 1. The quantitative estimate of drug-likeness (QED) is 0.787. The number of para-hydroxylation sites is 1. The minimum Gasteiger partial charge on any atom is -0.318 e. The van der Waals surface area contributed by atoms with Crippen LogP contribution in [0.1, 0.15) is 55.3 Å². The molecule has 0 bridgehead atoms. The molecule has 4 nitrogen and oxygen atoms in total. The van der Waals surface area contributed by atoms with Crippen LogP contribution in [0.4, 0.5) is 5.69 Å². The van der Waals surface area contributed by atoms with Crippen molar-refractivity contribution in [1.82, 2.24) is 10.2 Å². The first kappa shape index (κ1) is 22.0. The van der Waals surface area contributed by atoms with Crippen molar-refractivity contribution in [2.75, 3.05) is 38.1 Å². The van der Waals surface area contributed by atoms with E-state index in [2.05, 4.69) is 41.4 Å². The highest BCUT2D eigenvalue weighted by atomic mass is 16.2. The number of fused-ring (bicyclic) bond motifs is 2. The maximum absolute atomic E-state index is 11.6. The number of rotatable bonds is 4. The van der Waals surface area contributed by atoms with Crippen LogP contribution in [-0.2, 0) is 17.6 Å². The van der Waals surface area contributed by atoms with Crippen molar-refractivity contribution in [2.24, 2.45) is 5.92 Å². The predicted octanol–water partition coefficient (Wildman–Crippen LogP) is 4.59. The molecule has 1 fully saturated rings. The Kier molecular flexibility index (Phi) is 7.41. The van der Waals surface area contributed by atoms with E-state index in [9.17, 15) is 4.79 Å². The monoisotopic (exact) mass is 419 g/mol. The summed E-state index contributed by atoms with van der Waals surface area (Å²) in [5.74, 6) is 1.14. The number of piperidine rings is 1. The van der Waals surface area contributed by atoms with Gasteiger partial charge in [0.25, 0.3) is 0 Å². The molecule has 0 saturated carbocycles. The maximum Gasteiger partial charge on any atom is 0.231 e. The highest BCUT2D eigenvalue weighted by Gasteiger charge is 2.28. The van der Waals surface area contributed by atoms with E-state index >= 15 is 0 Å². The van der Waals surface area contributed by atoms with Gasteiger partial charge in [-0.15, -0.1) is 0 Å². The van der Waals surface area contributed by atoms with Crippen molar-refractivity contribution in [3.05, 3.63) is 65.2 Å². The van der Waals surface area contributed by atoms with Crippen LogP contribution in [0, 0.1) is 5.92 Å². The minimum absolute atomic E-state index is 0.210. The summed E-state index contributed by atoms with van der Waals surface area (Å²) in [4.78, 5) is 16.2. The van der Waals surface area contributed by atoms with Gasteiger partial charge in [-0.25, -0.2) is 0 Å². The Labute approximate surface area is 187 Å². The highest BCUT2D eigenvalue weighted by molar-refractivity contribution is 6.01. The highest BCUT2D eigenvalue weighted by Crippen LogP contribution is 2.36. The zero-order valence-corrected chi connectivity index (χ0v) is 19.1. The molecule has 5 rings (SSSR count). The lowest BCUT2D eigenvalue weighted by molar-refractivity contribution is -0.117. The van der Waals surface area contributed by atoms with Crippen molar-refractivity contribution >= 4 is 11.6 Å². The second-order valence-electron chi connectivity index (χ2n) is 9.28. The Balaban J connectivity index is 0.000000152. The molecule has 1 saturated heterocycles. The van der Waals surface area contributed by atoms with Crippen LogP contribution in [0.2, 0.25) is 0 Å². The van der Waals surface area contributed by atoms with Crippen molar-refractivity contribution in [2.45, 2.75) is 51.5 Å². The van der Waals surface area contributed by atoms with Gasteiger partial charge in [0.2, 0.25) is 5.91 Å². The van der Waals surface area contributed by atoms with Crippen LogP contribution in [0.15, 0.2) is 48.5 Å². The molecule has 166 valence electrons. The second kappa shape index (κ2) is 10.4. The smallest absolute Gasteiger partial charge is 0.231 e. The largest absolute Gasteiger partial charge is 0.318 e. The van der Waals surface area contributed by atoms with E-state index < -0.39 is 0 Å². The van der Waals surface area contributed by atoms with Crippen molar-refractivity contribution < 1.29 is 4.79 Å². The molecule has 1 atom stereocenters. The summed E-state index contributed by atoms with van der Waals surface area (Å²) >= 11 is 0. The molecule has 2 aromatic rings. The summed E-state index contributed by atoms with van der Waals surface area (Å²) in [5.41, 5.74) is 5.44. The van der Waals surface area contributed by atoms with Crippen LogP contribution < -0.4 is 10.2 Å². The van der Waals surface area contributed by atoms with Crippen LogP contribution in [0.5, 0.6) is 0 Å². The molecular weight excluding hydrogens is 382 g/mol. The fourth-order valence-corrected chi connectivity index (χ4v) is 5.23. The van der Waals surface area contributed by atoms with Crippen LogP contribution in [0.3, 0.4) is 0 Å². The summed E-state index contributed by atoms with van der Waals surface area (Å²) in [6.45, 7) is 6.60. The third-order valence-electron chi connectivity index (χ3n) is 7.11. The molecule has 1 N–H and O–H groups in total. The molecule has 1 amide bonds. The maximum atomic E-state index is 11.6. The first-order valence-corrected chi connectivity index (χ1v) is 12.0. The molecule has 2 aromatic carbocycles. The standard InChI is InChI=1S/C16H23N.C11H14N2O/c1-13-9-11-17(12-10-13)16-8-4-6-14-5-2-3-7-15(14)16;1-12-6-7-13-10-5-3-2-4-9(10)8-11(13)14/h2-3,5,7,13,16H,4,6,8-12H2,1H3;2-5,12H,6-8H2,1H3. The zero-order chi connectivity index (χ0) is 21.6. The fraction of sp³-hybridized carbons (Fsp3) is 0.519. The average molecular weight is 420 g/mol. The van der Waals surface area contributed by atoms with Gasteiger partial charge in [0, 0.05) is 24.8 Å². The average Bonchev–Trinajstić information content (AvgIpc) is 3.13. The first-order chi connectivity index (χ1) is 15.2.